The standard InChI is InChI=1S/C14H20ClNO/c1-2-4-12-7-8-13(16-12)14(17)10-5-3-6-11(15)9-10/h3,5-6,9,12-14,16-17H,2,4,7-8H2,1H3/t12-,13-,14-/m1/s1. The van der Waals surface area contributed by atoms with Crippen LogP contribution in [-0.4, -0.2) is 17.2 Å². The fourth-order valence-corrected chi connectivity index (χ4v) is 2.80. The minimum Gasteiger partial charge on any atom is -0.387 e. The highest BCUT2D eigenvalue weighted by atomic mass is 35.5. The van der Waals surface area contributed by atoms with Gasteiger partial charge in [-0.2, -0.15) is 0 Å². The number of nitrogens with one attached hydrogen (secondary N) is 1. The minimum absolute atomic E-state index is 0.171. The van der Waals surface area contributed by atoms with Gasteiger partial charge in [0.1, 0.15) is 0 Å². The summed E-state index contributed by atoms with van der Waals surface area (Å²) in [6.45, 7) is 2.20. The largest absolute Gasteiger partial charge is 0.387 e. The van der Waals surface area contributed by atoms with Crippen LogP contribution < -0.4 is 5.32 Å². The molecule has 2 rings (SSSR count). The van der Waals surface area contributed by atoms with Crippen molar-refractivity contribution >= 4 is 11.6 Å². The topological polar surface area (TPSA) is 32.3 Å². The molecule has 0 saturated carbocycles. The lowest BCUT2D eigenvalue weighted by atomic mass is 10.0. The van der Waals surface area contributed by atoms with E-state index >= 15 is 0 Å². The highest BCUT2D eigenvalue weighted by molar-refractivity contribution is 6.30. The molecule has 1 fully saturated rings. The van der Waals surface area contributed by atoms with E-state index in [4.69, 9.17) is 11.6 Å². The molecule has 0 spiro atoms. The van der Waals surface area contributed by atoms with E-state index < -0.39 is 6.10 Å². The van der Waals surface area contributed by atoms with Crippen molar-refractivity contribution in [3.63, 3.8) is 0 Å². The minimum atomic E-state index is -0.449. The summed E-state index contributed by atoms with van der Waals surface area (Å²) in [5.41, 5.74) is 0.909. The van der Waals surface area contributed by atoms with Crippen LogP contribution in [0.4, 0.5) is 0 Å². The Morgan fingerprint density at radius 3 is 3.00 bits per heavy atom. The third-order valence-electron chi connectivity index (χ3n) is 3.48. The summed E-state index contributed by atoms with van der Waals surface area (Å²) in [4.78, 5) is 0. The van der Waals surface area contributed by atoms with E-state index in [0.29, 0.717) is 11.1 Å². The van der Waals surface area contributed by atoms with Crippen LogP contribution in [0.5, 0.6) is 0 Å². The van der Waals surface area contributed by atoms with Gasteiger partial charge in [0, 0.05) is 17.1 Å². The molecule has 1 aromatic rings. The first-order valence-electron chi connectivity index (χ1n) is 6.40. The summed E-state index contributed by atoms with van der Waals surface area (Å²) in [5.74, 6) is 0. The first-order chi connectivity index (χ1) is 8.20. The van der Waals surface area contributed by atoms with Crippen LogP contribution in [0, 0.1) is 0 Å². The molecule has 17 heavy (non-hydrogen) atoms. The van der Waals surface area contributed by atoms with E-state index in [9.17, 15) is 5.11 Å². The van der Waals surface area contributed by atoms with E-state index in [-0.39, 0.29) is 6.04 Å². The molecule has 1 aliphatic rings. The molecule has 0 unspecified atom stereocenters. The first kappa shape index (κ1) is 12.9. The molecule has 0 aliphatic carbocycles. The highest BCUT2D eigenvalue weighted by Crippen LogP contribution is 2.27. The van der Waals surface area contributed by atoms with Gasteiger partial charge in [0.05, 0.1) is 6.10 Å². The Hall–Kier alpha value is -0.570. The molecule has 1 aromatic carbocycles. The van der Waals surface area contributed by atoms with Crippen LogP contribution >= 0.6 is 11.6 Å². The Balaban J connectivity index is 1.99. The first-order valence-corrected chi connectivity index (χ1v) is 6.78. The van der Waals surface area contributed by atoms with Gasteiger partial charge in [-0.05, 0) is 37.0 Å². The molecule has 0 aromatic heterocycles. The predicted octanol–water partition coefficient (Wildman–Crippen LogP) is 3.29. The summed E-state index contributed by atoms with van der Waals surface area (Å²) in [7, 11) is 0. The predicted molar refractivity (Wildman–Crippen MR) is 71.3 cm³/mol. The zero-order chi connectivity index (χ0) is 12.3. The SMILES string of the molecule is CCC[C@@H]1CC[C@H]([C@H](O)c2cccc(Cl)c2)N1. The third-order valence-corrected chi connectivity index (χ3v) is 3.72. The average Bonchev–Trinajstić information content (AvgIpc) is 2.77. The number of benzene rings is 1. The number of hydrogen-bond acceptors (Lipinski definition) is 2. The van der Waals surface area contributed by atoms with Gasteiger partial charge < -0.3 is 10.4 Å². The van der Waals surface area contributed by atoms with Crippen LogP contribution in [0.3, 0.4) is 0 Å². The van der Waals surface area contributed by atoms with Crippen molar-refractivity contribution in [3.05, 3.63) is 34.9 Å². The zero-order valence-electron chi connectivity index (χ0n) is 10.2. The lowest BCUT2D eigenvalue weighted by molar-refractivity contribution is 0.135. The van der Waals surface area contributed by atoms with Gasteiger partial charge in [0.15, 0.2) is 0 Å². The fourth-order valence-electron chi connectivity index (χ4n) is 2.60. The maximum Gasteiger partial charge on any atom is 0.0943 e. The maximum absolute atomic E-state index is 10.3. The van der Waals surface area contributed by atoms with Crippen molar-refractivity contribution in [2.24, 2.45) is 0 Å². The lowest BCUT2D eigenvalue weighted by Gasteiger charge is -2.20. The second-order valence-electron chi connectivity index (χ2n) is 4.84. The lowest BCUT2D eigenvalue weighted by Crippen LogP contribution is -2.33. The average molecular weight is 254 g/mol. The van der Waals surface area contributed by atoms with Gasteiger partial charge in [0.25, 0.3) is 0 Å². The number of aliphatic hydroxyl groups is 1. The molecular weight excluding hydrogens is 234 g/mol. The number of rotatable bonds is 4. The Morgan fingerprint density at radius 2 is 2.29 bits per heavy atom. The molecule has 94 valence electrons. The molecule has 2 N–H and O–H groups in total. The molecule has 1 heterocycles. The van der Waals surface area contributed by atoms with E-state index in [1.54, 1.807) is 0 Å². The van der Waals surface area contributed by atoms with Crippen LogP contribution in [0.2, 0.25) is 5.02 Å². The number of halogens is 1. The van der Waals surface area contributed by atoms with Crippen LogP contribution in [0.15, 0.2) is 24.3 Å². The van der Waals surface area contributed by atoms with Crippen molar-refractivity contribution in [2.45, 2.75) is 50.8 Å². The molecule has 0 amide bonds. The molecule has 3 heteroatoms. The van der Waals surface area contributed by atoms with Crippen molar-refractivity contribution in [3.8, 4) is 0 Å². The van der Waals surface area contributed by atoms with Gasteiger partial charge in [0.2, 0.25) is 0 Å². The van der Waals surface area contributed by atoms with Crippen LogP contribution in [0.25, 0.3) is 0 Å². The highest BCUT2D eigenvalue weighted by Gasteiger charge is 2.29. The van der Waals surface area contributed by atoms with Crippen LogP contribution in [-0.2, 0) is 0 Å². The van der Waals surface area contributed by atoms with Gasteiger partial charge in [-0.25, -0.2) is 0 Å². The molecule has 1 saturated heterocycles. The smallest absolute Gasteiger partial charge is 0.0943 e. The van der Waals surface area contributed by atoms with Gasteiger partial charge in [-0.15, -0.1) is 0 Å². The Bertz CT molecular complexity index is 369. The van der Waals surface area contributed by atoms with Gasteiger partial charge in [-0.1, -0.05) is 37.1 Å². The molecule has 1 aliphatic heterocycles. The maximum atomic E-state index is 10.3. The third kappa shape index (κ3) is 3.21. The Kier molecular flexibility index (Phi) is 4.43. The zero-order valence-corrected chi connectivity index (χ0v) is 11.0. The molecular formula is C14H20ClNO. The summed E-state index contributed by atoms with van der Waals surface area (Å²) < 4.78 is 0. The monoisotopic (exact) mass is 253 g/mol. The van der Waals surface area contributed by atoms with Crippen LogP contribution in [0.1, 0.15) is 44.3 Å². The molecule has 3 atom stereocenters. The van der Waals surface area contributed by atoms with Crippen molar-refractivity contribution in [2.75, 3.05) is 0 Å². The fraction of sp³-hybridized carbons (Fsp3) is 0.571. The normalized spacial score (nSPS) is 26.1. The van der Waals surface area contributed by atoms with E-state index in [1.807, 2.05) is 24.3 Å². The summed E-state index contributed by atoms with van der Waals surface area (Å²) in [5, 5.41) is 14.5. The van der Waals surface area contributed by atoms with Crippen molar-refractivity contribution in [1.29, 1.82) is 0 Å². The molecule has 2 nitrogen and oxygen atoms in total. The Labute approximate surface area is 108 Å². The van der Waals surface area contributed by atoms with Crippen molar-refractivity contribution in [1.82, 2.24) is 5.32 Å². The van der Waals surface area contributed by atoms with Crippen molar-refractivity contribution < 1.29 is 5.11 Å². The molecule has 0 radical (unpaired) electrons. The number of hydrogen-bond donors (Lipinski definition) is 2. The second kappa shape index (κ2) is 5.85. The second-order valence-corrected chi connectivity index (χ2v) is 5.27. The van der Waals surface area contributed by atoms with E-state index in [0.717, 1.165) is 18.4 Å². The summed E-state index contributed by atoms with van der Waals surface area (Å²) in [6.07, 6.45) is 4.14. The Morgan fingerprint density at radius 1 is 1.47 bits per heavy atom. The quantitative estimate of drug-likeness (QED) is 0.863. The summed E-state index contributed by atoms with van der Waals surface area (Å²) >= 11 is 5.94. The number of aliphatic hydroxyl groups excluding tert-OH is 1. The summed E-state index contributed by atoms with van der Waals surface area (Å²) in [6, 6.07) is 8.25. The van der Waals surface area contributed by atoms with Gasteiger partial charge in [-0.3, -0.25) is 0 Å². The van der Waals surface area contributed by atoms with E-state index in [1.165, 1.54) is 12.8 Å². The van der Waals surface area contributed by atoms with Gasteiger partial charge >= 0.3 is 0 Å². The molecule has 0 bridgehead atoms. The van der Waals surface area contributed by atoms with E-state index in [2.05, 4.69) is 12.2 Å².